The van der Waals surface area contributed by atoms with Crippen LogP contribution >= 0.6 is 0 Å². The lowest BCUT2D eigenvalue weighted by atomic mass is 9.95. The molecule has 0 aromatic rings. The summed E-state index contributed by atoms with van der Waals surface area (Å²) in [7, 11) is 0. The van der Waals surface area contributed by atoms with Gasteiger partial charge in [0.1, 0.15) is 0 Å². The zero-order valence-corrected chi connectivity index (χ0v) is 16.7. The molecule has 0 aromatic carbocycles. The van der Waals surface area contributed by atoms with Gasteiger partial charge in [0.2, 0.25) is 0 Å². The van der Waals surface area contributed by atoms with Crippen LogP contribution in [0.2, 0.25) is 0 Å². The van der Waals surface area contributed by atoms with Crippen molar-refractivity contribution in [2.24, 2.45) is 0 Å². The monoisotopic (exact) mass is 337 g/mol. The van der Waals surface area contributed by atoms with E-state index in [-0.39, 0.29) is 5.54 Å². The van der Waals surface area contributed by atoms with E-state index in [9.17, 15) is 0 Å². The normalized spacial score (nSPS) is 14.4. The van der Waals surface area contributed by atoms with Crippen LogP contribution in [0.1, 0.15) is 117 Å². The average molecular weight is 338 g/mol. The molecule has 0 bridgehead atoms. The second kappa shape index (κ2) is 13.6. The molecule has 0 atom stereocenters. The Hall–Kier alpha value is -0.700. The molecule has 0 saturated carbocycles. The van der Waals surface area contributed by atoms with Gasteiger partial charge in [0.25, 0.3) is 0 Å². The van der Waals surface area contributed by atoms with Crippen molar-refractivity contribution < 1.29 is 0 Å². The van der Waals surface area contributed by atoms with Crippen LogP contribution in [0, 0.1) is 0 Å². The lowest BCUT2D eigenvalue weighted by Crippen LogP contribution is -2.49. The summed E-state index contributed by atoms with van der Waals surface area (Å²) in [4.78, 5) is 0. The first-order valence-corrected chi connectivity index (χ1v) is 10.6. The number of nitrogens with one attached hydrogen (secondary N) is 2. The van der Waals surface area contributed by atoms with Gasteiger partial charge in [-0.3, -0.25) is 5.01 Å². The fraction of sp³-hybridized carbons (Fsp3) is 0.905. The topological polar surface area (TPSA) is 27.3 Å². The van der Waals surface area contributed by atoms with E-state index >= 15 is 0 Å². The summed E-state index contributed by atoms with van der Waals surface area (Å²) < 4.78 is 0. The lowest BCUT2D eigenvalue weighted by molar-refractivity contribution is 0.109. The Morgan fingerprint density at radius 3 is 1.58 bits per heavy atom. The van der Waals surface area contributed by atoms with Gasteiger partial charge in [0, 0.05) is 12.4 Å². The molecule has 3 heteroatoms. The average Bonchev–Trinajstić information content (AvgIpc) is 3.10. The third kappa shape index (κ3) is 10.2. The molecule has 1 rings (SSSR count). The molecule has 1 aliphatic heterocycles. The van der Waals surface area contributed by atoms with Gasteiger partial charge in [0.15, 0.2) is 0 Å². The quantitative estimate of drug-likeness (QED) is 0.318. The van der Waals surface area contributed by atoms with E-state index in [1.807, 2.05) is 6.20 Å². The van der Waals surface area contributed by atoms with Gasteiger partial charge in [-0.2, -0.15) is 0 Å². The Balaban J connectivity index is 1.80. The van der Waals surface area contributed by atoms with E-state index in [0.717, 1.165) is 0 Å². The van der Waals surface area contributed by atoms with Gasteiger partial charge in [-0.1, -0.05) is 96.8 Å². The minimum atomic E-state index is 0.192. The minimum Gasteiger partial charge on any atom is -0.310 e. The molecule has 0 aromatic heterocycles. The first-order valence-electron chi connectivity index (χ1n) is 10.6. The Labute approximate surface area is 151 Å². The maximum Gasteiger partial charge on any atom is 0.0519 e. The number of unbranched alkanes of at least 4 members (excludes halogenated alkanes) is 13. The Bertz CT molecular complexity index is 312. The lowest BCUT2D eigenvalue weighted by Gasteiger charge is -2.34. The summed E-state index contributed by atoms with van der Waals surface area (Å²) in [5.41, 5.74) is 6.39. The number of hydrogen-bond donors (Lipinski definition) is 2. The molecule has 0 unspecified atom stereocenters. The highest BCUT2D eigenvalue weighted by molar-refractivity contribution is 4.92. The Morgan fingerprint density at radius 1 is 0.708 bits per heavy atom. The maximum atomic E-state index is 3.17. The van der Waals surface area contributed by atoms with Crippen LogP contribution in [0.15, 0.2) is 12.4 Å². The molecule has 2 N–H and O–H groups in total. The van der Waals surface area contributed by atoms with Gasteiger partial charge < -0.3 is 5.43 Å². The minimum absolute atomic E-state index is 0.192. The number of hydrazine groups is 2. The SMILES string of the molecule is CCCCCCCCCCCCCCCCC(C)(C)N1C=CNN1. The van der Waals surface area contributed by atoms with E-state index in [2.05, 4.69) is 42.9 Å². The highest BCUT2D eigenvalue weighted by Crippen LogP contribution is 2.22. The van der Waals surface area contributed by atoms with Crippen molar-refractivity contribution in [1.82, 2.24) is 16.0 Å². The van der Waals surface area contributed by atoms with Crippen LogP contribution in [0.25, 0.3) is 0 Å². The summed E-state index contributed by atoms with van der Waals surface area (Å²) in [5, 5.41) is 2.18. The molecule has 0 spiro atoms. The molecular weight excluding hydrogens is 294 g/mol. The smallest absolute Gasteiger partial charge is 0.0519 e. The van der Waals surface area contributed by atoms with Gasteiger partial charge in [0.05, 0.1) is 5.54 Å². The van der Waals surface area contributed by atoms with Crippen LogP contribution in [0.5, 0.6) is 0 Å². The Morgan fingerprint density at radius 2 is 1.17 bits per heavy atom. The van der Waals surface area contributed by atoms with Crippen LogP contribution in [-0.2, 0) is 0 Å². The van der Waals surface area contributed by atoms with Crippen LogP contribution in [0.4, 0.5) is 0 Å². The van der Waals surface area contributed by atoms with Crippen molar-refractivity contribution in [3.05, 3.63) is 12.4 Å². The number of nitrogens with zero attached hydrogens (tertiary/aromatic N) is 1. The van der Waals surface area contributed by atoms with Gasteiger partial charge in [-0.25, -0.2) is 0 Å². The van der Waals surface area contributed by atoms with Gasteiger partial charge in [-0.15, -0.1) is 5.53 Å². The standard InChI is InChI=1S/C21H43N3/c1-4-5-6-7-8-9-10-11-12-13-14-15-16-17-18-21(2,3)24-20-19-22-23-24/h19-20,22-23H,4-18H2,1-3H3. The molecule has 0 fully saturated rings. The zero-order chi connectivity index (χ0) is 17.5. The van der Waals surface area contributed by atoms with Crippen molar-refractivity contribution in [1.29, 1.82) is 0 Å². The molecule has 0 amide bonds. The largest absolute Gasteiger partial charge is 0.310 e. The molecule has 0 saturated heterocycles. The predicted octanol–water partition coefficient (Wildman–Crippen LogP) is 6.43. The summed E-state index contributed by atoms with van der Waals surface area (Å²) >= 11 is 0. The molecule has 1 heterocycles. The molecule has 0 aliphatic carbocycles. The summed E-state index contributed by atoms with van der Waals surface area (Å²) in [5.74, 6) is 0. The summed E-state index contributed by atoms with van der Waals surface area (Å²) in [6.07, 6.45) is 25.3. The van der Waals surface area contributed by atoms with E-state index in [1.165, 1.54) is 96.3 Å². The van der Waals surface area contributed by atoms with Gasteiger partial charge >= 0.3 is 0 Å². The van der Waals surface area contributed by atoms with E-state index in [4.69, 9.17) is 0 Å². The van der Waals surface area contributed by atoms with Crippen molar-refractivity contribution >= 4 is 0 Å². The second-order valence-electron chi connectivity index (χ2n) is 8.10. The maximum absolute atomic E-state index is 3.17. The summed E-state index contributed by atoms with van der Waals surface area (Å²) in [6.45, 7) is 6.90. The Kier molecular flexibility index (Phi) is 12.1. The van der Waals surface area contributed by atoms with Crippen LogP contribution < -0.4 is 11.0 Å². The number of hydrogen-bond acceptors (Lipinski definition) is 3. The molecular formula is C21H43N3. The predicted molar refractivity (Wildman–Crippen MR) is 106 cm³/mol. The fourth-order valence-electron chi connectivity index (χ4n) is 3.48. The summed E-state index contributed by atoms with van der Waals surface area (Å²) in [6, 6.07) is 0. The highest BCUT2D eigenvalue weighted by atomic mass is 15.7. The fourth-order valence-corrected chi connectivity index (χ4v) is 3.48. The van der Waals surface area contributed by atoms with Crippen molar-refractivity contribution in [2.75, 3.05) is 0 Å². The molecule has 24 heavy (non-hydrogen) atoms. The van der Waals surface area contributed by atoms with Crippen LogP contribution in [0.3, 0.4) is 0 Å². The molecule has 0 radical (unpaired) electrons. The van der Waals surface area contributed by atoms with Crippen LogP contribution in [-0.4, -0.2) is 10.5 Å². The molecule has 3 nitrogen and oxygen atoms in total. The highest BCUT2D eigenvalue weighted by Gasteiger charge is 2.25. The van der Waals surface area contributed by atoms with E-state index in [0.29, 0.717) is 0 Å². The first-order chi connectivity index (χ1) is 11.7. The second-order valence-corrected chi connectivity index (χ2v) is 8.10. The van der Waals surface area contributed by atoms with Crippen molar-refractivity contribution in [2.45, 2.75) is 123 Å². The third-order valence-corrected chi connectivity index (χ3v) is 5.29. The van der Waals surface area contributed by atoms with Crippen molar-refractivity contribution in [3.63, 3.8) is 0 Å². The zero-order valence-electron chi connectivity index (χ0n) is 16.7. The van der Waals surface area contributed by atoms with E-state index < -0.39 is 0 Å². The van der Waals surface area contributed by atoms with E-state index in [1.54, 1.807) is 0 Å². The molecule has 1 aliphatic rings. The van der Waals surface area contributed by atoms with Crippen molar-refractivity contribution in [3.8, 4) is 0 Å². The first kappa shape index (κ1) is 21.3. The number of rotatable bonds is 16. The van der Waals surface area contributed by atoms with Gasteiger partial charge in [-0.05, 0) is 20.3 Å². The molecule has 142 valence electrons. The third-order valence-electron chi connectivity index (χ3n) is 5.29.